The molecule has 112 valence electrons. The minimum atomic E-state index is -0.218. The zero-order valence-corrected chi connectivity index (χ0v) is 12.3. The zero-order chi connectivity index (χ0) is 16.2. The summed E-state index contributed by atoms with van der Waals surface area (Å²) in [5.41, 5.74) is 1.69. The quantitative estimate of drug-likeness (QED) is 0.315. The number of hydrogen-bond donors (Lipinski definition) is 1. The number of aromatic nitrogens is 1. The van der Waals surface area contributed by atoms with Crippen molar-refractivity contribution in [1.29, 1.82) is 0 Å². The van der Waals surface area contributed by atoms with Crippen molar-refractivity contribution in [2.45, 2.75) is 0 Å². The van der Waals surface area contributed by atoms with Crippen LogP contribution in [0.15, 0.2) is 84.2 Å². The van der Waals surface area contributed by atoms with Crippen molar-refractivity contribution in [2.75, 3.05) is 0 Å². The van der Waals surface area contributed by atoms with Gasteiger partial charge >= 0.3 is 0 Å². The molecule has 0 atom stereocenters. The van der Waals surface area contributed by atoms with Crippen LogP contribution in [-0.2, 0) is 0 Å². The molecule has 0 fully saturated rings. The summed E-state index contributed by atoms with van der Waals surface area (Å²) in [5, 5.41) is 5.84. The van der Waals surface area contributed by atoms with Gasteiger partial charge in [-0.2, -0.15) is 0 Å². The number of ketones is 1. The van der Waals surface area contributed by atoms with Crippen LogP contribution in [0.2, 0.25) is 0 Å². The van der Waals surface area contributed by atoms with Crippen molar-refractivity contribution < 1.29 is 4.79 Å². The lowest BCUT2D eigenvalue weighted by molar-refractivity contribution is 0.103. The number of carbonyl (C=O) groups excluding carboxylic acids is 1. The Hall–Kier alpha value is -3.27. The Morgan fingerprint density at radius 2 is 1.96 bits per heavy atom. The summed E-state index contributed by atoms with van der Waals surface area (Å²) < 4.78 is 0. The fourth-order valence-electron chi connectivity index (χ4n) is 2.61. The lowest BCUT2D eigenvalue weighted by Gasteiger charge is -1.97. The highest BCUT2D eigenvalue weighted by molar-refractivity contribution is 6.15. The van der Waals surface area contributed by atoms with Gasteiger partial charge in [0, 0.05) is 16.5 Å². The number of fused-ring (bicyclic) bond motifs is 3. The number of nitrogens with zero attached hydrogens (tertiary/aromatic N) is 1. The fraction of sp³-hybridized carbons (Fsp3) is 0. The molecule has 0 saturated carbocycles. The van der Waals surface area contributed by atoms with Crippen LogP contribution in [0.25, 0.3) is 21.7 Å². The minimum Gasteiger partial charge on any atom is -0.352 e. The smallest absolute Gasteiger partial charge is 0.209 e. The molecule has 1 N–H and O–H groups in total. The Balaban J connectivity index is 2.12. The zero-order valence-electron chi connectivity index (χ0n) is 12.3. The maximum absolute atomic E-state index is 12.6. The molecule has 3 aromatic rings. The lowest BCUT2D eigenvalue weighted by atomic mass is 10.1. The van der Waals surface area contributed by atoms with E-state index in [4.69, 9.17) is 0 Å². The second-order valence-electron chi connectivity index (χ2n) is 5.04. The van der Waals surface area contributed by atoms with Gasteiger partial charge in [-0.1, -0.05) is 49.1 Å². The van der Waals surface area contributed by atoms with Gasteiger partial charge in [0.25, 0.3) is 0 Å². The monoisotopic (exact) mass is 302 g/mol. The van der Waals surface area contributed by atoms with E-state index in [-0.39, 0.29) is 5.78 Å². The fourth-order valence-corrected chi connectivity index (χ4v) is 2.61. The first-order chi connectivity index (χ1) is 11.2. The van der Waals surface area contributed by atoms with E-state index < -0.39 is 0 Å². The molecule has 3 rings (SSSR count). The molecule has 1 aromatic heterocycles. The molecule has 2 aromatic carbocycles. The summed E-state index contributed by atoms with van der Waals surface area (Å²) in [7, 11) is 0. The van der Waals surface area contributed by atoms with Crippen molar-refractivity contribution in [3.63, 3.8) is 0 Å². The van der Waals surface area contributed by atoms with E-state index in [9.17, 15) is 9.70 Å². The summed E-state index contributed by atoms with van der Waals surface area (Å²) in [6.07, 6.45) is 5.47. The Bertz CT molecular complexity index is 977. The van der Waals surface area contributed by atoms with Crippen LogP contribution in [-0.4, -0.2) is 10.8 Å². The summed E-state index contributed by atoms with van der Waals surface area (Å²) in [6, 6.07) is 13.8. The first kappa shape index (κ1) is 14.7. The molecular formula is C19H14N2O2. The van der Waals surface area contributed by atoms with E-state index in [1.165, 1.54) is 12.2 Å². The number of rotatable bonds is 5. The topological polar surface area (TPSA) is 62.3 Å². The van der Waals surface area contributed by atoms with Crippen LogP contribution in [0.3, 0.4) is 0 Å². The van der Waals surface area contributed by atoms with Crippen molar-refractivity contribution >= 4 is 27.5 Å². The van der Waals surface area contributed by atoms with Gasteiger partial charge in [-0.25, -0.2) is 0 Å². The van der Waals surface area contributed by atoms with Gasteiger partial charge in [0.1, 0.15) is 0 Å². The normalized spacial score (nSPS) is 12.1. The van der Waals surface area contributed by atoms with Crippen LogP contribution in [0.4, 0.5) is 0 Å². The van der Waals surface area contributed by atoms with E-state index in [1.807, 2.05) is 42.5 Å². The molecule has 0 aliphatic heterocycles. The number of aromatic amines is 1. The van der Waals surface area contributed by atoms with E-state index in [0.717, 1.165) is 27.9 Å². The Labute approximate surface area is 132 Å². The molecule has 0 amide bonds. The number of H-pyrrole nitrogens is 1. The highest BCUT2D eigenvalue weighted by Crippen LogP contribution is 2.26. The van der Waals surface area contributed by atoms with E-state index in [2.05, 4.69) is 16.7 Å². The maximum atomic E-state index is 12.6. The van der Waals surface area contributed by atoms with Crippen molar-refractivity contribution in [3.05, 3.63) is 89.6 Å². The van der Waals surface area contributed by atoms with Gasteiger partial charge in [-0.15, -0.1) is 4.91 Å². The van der Waals surface area contributed by atoms with E-state index >= 15 is 0 Å². The van der Waals surface area contributed by atoms with Gasteiger partial charge in [-0.05, 0) is 34.2 Å². The van der Waals surface area contributed by atoms with Crippen molar-refractivity contribution in [2.24, 2.45) is 5.18 Å². The number of carbonyl (C=O) groups is 1. The third-order valence-electron chi connectivity index (χ3n) is 3.65. The van der Waals surface area contributed by atoms with E-state index in [0.29, 0.717) is 11.3 Å². The first-order valence-corrected chi connectivity index (χ1v) is 7.11. The molecule has 0 aliphatic carbocycles. The molecule has 0 spiro atoms. The Morgan fingerprint density at radius 1 is 1.13 bits per heavy atom. The van der Waals surface area contributed by atoms with Gasteiger partial charge in [0.05, 0.1) is 11.9 Å². The lowest BCUT2D eigenvalue weighted by Crippen LogP contribution is -2.01. The number of Topliss-reactive ketones (excluding diaryl/α,β-unsaturated/α-hetero) is 1. The molecule has 4 nitrogen and oxygen atoms in total. The summed E-state index contributed by atoms with van der Waals surface area (Å²) in [5.74, 6) is -0.218. The third kappa shape index (κ3) is 2.74. The maximum Gasteiger partial charge on any atom is 0.209 e. The minimum absolute atomic E-state index is 0.218. The Kier molecular flexibility index (Phi) is 3.97. The number of benzene rings is 2. The van der Waals surface area contributed by atoms with Crippen LogP contribution >= 0.6 is 0 Å². The van der Waals surface area contributed by atoms with Gasteiger partial charge in [0.15, 0.2) is 0 Å². The largest absolute Gasteiger partial charge is 0.352 e. The average molecular weight is 302 g/mol. The third-order valence-corrected chi connectivity index (χ3v) is 3.65. The van der Waals surface area contributed by atoms with Crippen LogP contribution < -0.4 is 0 Å². The average Bonchev–Trinajstić information content (AvgIpc) is 3.02. The standard InChI is InChI=1S/C19H14N2O2/c1-2-5-14(10-11-20-23)19(22)18-12-16-15-7-4-3-6-13(15)8-9-17(16)21-18/h2-12,21H,1H2/b11-10-,14-5+. The number of hydrogen-bond acceptors (Lipinski definition) is 3. The predicted molar refractivity (Wildman–Crippen MR) is 93.4 cm³/mol. The van der Waals surface area contributed by atoms with Crippen LogP contribution in [0, 0.1) is 4.91 Å². The second-order valence-corrected chi connectivity index (χ2v) is 5.04. The summed E-state index contributed by atoms with van der Waals surface area (Å²) in [4.78, 5) is 26.0. The molecule has 4 heteroatoms. The Morgan fingerprint density at radius 3 is 2.74 bits per heavy atom. The SMILES string of the molecule is C=C/C=C(\C=C/N=O)C(=O)c1cc2c(ccc3ccccc32)[nH]1. The summed E-state index contributed by atoms with van der Waals surface area (Å²) >= 11 is 0. The highest BCUT2D eigenvalue weighted by Gasteiger charge is 2.13. The van der Waals surface area contributed by atoms with Gasteiger partial charge in [0.2, 0.25) is 5.78 Å². The van der Waals surface area contributed by atoms with Crippen LogP contribution in [0.1, 0.15) is 10.5 Å². The van der Waals surface area contributed by atoms with Crippen molar-refractivity contribution in [3.8, 4) is 0 Å². The van der Waals surface area contributed by atoms with Crippen molar-refractivity contribution in [1.82, 2.24) is 4.98 Å². The molecule has 0 bridgehead atoms. The molecule has 0 radical (unpaired) electrons. The first-order valence-electron chi connectivity index (χ1n) is 7.11. The molecule has 0 unspecified atom stereocenters. The molecular weight excluding hydrogens is 288 g/mol. The molecule has 0 saturated heterocycles. The number of nitrogens with one attached hydrogen (secondary N) is 1. The van der Waals surface area contributed by atoms with Gasteiger partial charge < -0.3 is 4.98 Å². The number of nitroso groups, excluding NO2 is 1. The second kappa shape index (κ2) is 6.23. The molecule has 0 aliphatic rings. The number of allylic oxidation sites excluding steroid dienone is 4. The van der Waals surface area contributed by atoms with E-state index in [1.54, 1.807) is 6.08 Å². The summed E-state index contributed by atoms with van der Waals surface area (Å²) in [6.45, 7) is 3.59. The predicted octanol–water partition coefficient (Wildman–Crippen LogP) is 4.90. The molecule has 23 heavy (non-hydrogen) atoms. The highest BCUT2D eigenvalue weighted by atomic mass is 16.2. The van der Waals surface area contributed by atoms with Gasteiger partial charge in [-0.3, -0.25) is 4.79 Å². The molecule has 1 heterocycles. The van der Waals surface area contributed by atoms with Crippen LogP contribution in [0.5, 0.6) is 0 Å².